The SMILES string of the molecule is CN1CCCCC1(Cc1ccc(F)cc1)Cc1cc(-c2ccc3[nH]ncc3c2)co1. The zero-order valence-electron chi connectivity index (χ0n) is 17.2. The van der Waals surface area contributed by atoms with Crippen LogP contribution in [0.15, 0.2) is 65.4 Å². The summed E-state index contributed by atoms with van der Waals surface area (Å²) in [6.45, 7) is 1.08. The lowest BCUT2D eigenvalue weighted by molar-refractivity contribution is 0.0677. The molecule has 3 heterocycles. The number of nitrogens with one attached hydrogen (secondary N) is 1. The summed E-state index contributed by atoms with van der Waals surface area (Å²) in [5.74, 6) is 0.809. The second-order valence-electron chi connectivity index (χ2n) is 8.56. The van der Waals surface area contributed by atoms with Crippen molar-refractivity contribution < 1.29 is 8.81 Å². The zero-order chi connectivity index (χ0) is 20.6. The molecule has 0 saturated carbocycles. The summed E-state index contributed by atoms with van der Waals surface area (Å²) < 4.78 is 19.4. The third kappa shape index (κ3) is 3.65. The standard InChI is InChI=1S/C25H26FN3O/c1-29-11-3-2-10-25(29,14-18-4-7-22(26)8-5-18)15-23-13-21(17-30-23)19-6-9-24-20(12-19)16-27-28-24/h4-9,12-13,16-17H,2-3,10-11,14-15H2,1H3,(H,27,28). The predicted molar refractivity (Wildman–Crippen MR) is 117 cm³/mol. The van der Waals surface area contributed by atoms with E-state index in [1.165, 1.54) is 18.4 Å². The summed E-state index contributed by atoms with van der Waals surface area (Å²) in [5.41, 5.74) is 4.40. The number of fused-ring (bicyclic) bond motifs is 1. The molecule has 154 valence electrons. The van der Waals surface area contributed by atoms with Crippen LogP contribution in [0.2, 0.25) is 0 Å². The smallest absolute Gasteiger partial charge is 0.123 e. The minimum atomic E-state index is -0.185. The van der Waals surface area contributed by atoms with Gasteiger partial charge in [-0.15, -0.1) is 0 Å². The number of likely N-dealkylation sites (tertiary alicyclic amines) is 1. The van der Waals surface area contributed by atoms with Crippen molar-refractivity contribution in [3.63, 3.8) is 0 Å². The number of rotatable bonds is 5. The highest BCUT2D eigenvalue weighted by molar-refractivity contribution is 5.83. The average molecular weight is 404 g/mol. The van der Waals surface area contributed by atoms with Crippen molar-refractivity contribution in [3.8, 4) is 11.1 Å². The highest BCUT2D eigenvalue weighted by Crippen LogP contribution is 2.35. The van der Waals surface area contributed by atoms with Crippen molar-refractivity contribution in [3.05, 3.63) is 78.1 Å². The molecule has 1 fully saturated rings. The monoisotopic (exact) mass is 403 g/mol. The number of nitrogens with zero attached hydrogens (tertiary/aromatic N) is 2. The van der Waals surface area contributed by atoms with Gasteiger partial charge in [-0.2, -0.15) is 5.10 Å². The van der Waals surface area contributed by atoms with E-state index in [-0.39, 0.29) is 11.4 Å². The van der Waals surface area contributed by atoms with E-state index < -0.39 is 0 Å². The molecule has 1 atom stereocenters. The van der Waals surface area contributed by atoms with Gasteiger partial charge in [-0.3, -0.25) is 10.00 Å². The van der Waals surface area contributed by atoms with E-state index in [2.05, 4.69) is 46.4 Å². The topological polar surface area (TPSA) is 45.1 Å². The summed E-state index contributed by atoms with van der Waals surface area (Å²) in [7, 11) is 2.21. The number of aromatic amines is 1. The molecule has 5 heteroatoms. The number of halogens is 1. The number of piperidine rings is 1. The van der Waals surface area contributed by atoms with Gasteiger partial charge in [0.2, 0.25) is 0 Å². The maximum atomic E-state index is 13.4. The fraction of sp³-hybridized carbons (Fsp3) is 0.320. The van der Waals surface area contributed by atoms with Crippen LogP contribution in [0, 0.1) is 5.82 Å². The van der Waals surface area contributed by atoms with Crippen molar-refractivity contribution >= 4 is 10.9 Å². The van der Waals surface area contributed by atoms with E-state index in [0.29, 0.717) is 0 Å². The van der Waals surface area contributed by atoms with Gasteiger partial charge in [-0.25, -0.2) is 4.39 Å². The van der Waals surface area contributed by atoms with Crippen LogP contribution >= 0.6 is 0 Å². The van der Waals surface area contributed by atoms with Crippen LogP contribution in [0.5, 0.6) is 0 Å². The van der Waals surface area contributed by atoms with Gasteiger partial charge in [0.1, 0.15) is 11.6 Å². The number of hydrogen-bond donors (Lipinski definition) is 1. The largest absolute Gasteiger partial charge is 0.469 e. The molecule has 4 aromatic rings. The molecule has 0 amide bonds. The summed E-state index contributed by atoms with van der Waals surface area (Å²) in [5, 5.41) is 8.19. The first-order valence-electron chi connectivity index (χ1n) is 10.6. The maximum absolute atomic E-state index is 13.4. The third-order valence-electron chi connectivity index (χ3n) is 6.57. The van der Waals surface area contributed by atoms with Crippen LogP contribution in [0.4, 0.5) is 4.39 Å². The second-order valence-corrected chi connectivity index (χ2v) is 8.56. The second kappa shape index (κ2) is 7.73. The van der Waals surface area contributed by atoms with Crippen molar-refractivity contribution in [1.29, 1.82) is 0 Å². The zero-order valence-corrected chi connectivity index (χ0v) is 17.2. The Balaban J connectivity index is 1.42. The summed E-state index contributed by atoms with van der Waals surface area (Å²) in [4.78, 5) is 2.47. The van der Waals surface area contributed by atoms with Gasteiger partial charge in [0.25, 0.3) is 0 Å². The summed E-state index contributed by atoms with van der Waals surface area (Å²) in [6.07, 6.45) is 8.96. The molecule has 1 unspecified atom stereocenters. The Labute approximate surface area is 175 Å². The van der Waals surface area contributed by atoms with Gasteiger partial charge in [-0.1, -0.05) is 24.6 Å². The number of hydrogen-bond acceptors (Lipinski definition) is 3. The molecule has 1 saturated heterocycles. The van der Waals surface area contributed by atoms with E-state index >= 15 is 0 Å². The van der Waals surface area contributed by atoms with E-state index in [0.717, 1.165) is 53.6 Å². The highest BCUT2D eigenvalue weighted by Gasteiger charge is 2.37. The molecule has 4 nitrogen and oxygen atoms in total. The molecule has 0 spiro atoms. The molecular weight excluding hydrogens is 377 g/mol. The molecule has 0 aliphatic carbocycles. The number of likely N-dealkylation sites (N-methyl/N-ethyl adjacent to an activating group) is 1. The molecule has 5 rings (SSSR count). The van der Waals surface area contributed by atoms with Crippen LogP contribution in [-0.4, -0.2) is 34.2 Å². The van der Waals surface area contributed by atoms with Gasteiger partial charge < -0.3 is 4.42 Å². The lowest BCUT2D eigenvalue weighted by Gasteiger charge is -2.45. The first kappa shape index (κ1) is 19.1. The van der Waals surface area contributed by atoms with Gasteiger partial charge in [0, 0.05) is 22.9 Å². The first-order chi connectivity index (χ1) is 14.6. The maximum Gasteiger partial charge on any atom is 0.123 e. The molecule has 1 aliphatic rings. The highest BCUT2D eigenvalue weighted by atomic mass is 19.1. The van der Waals surface area contributed by atoms with Crippen LogP contribution in [0.1, 0.15) is 30.6 Å². The molecule has 30 heavy (non-hydrogen) atoms. The molecule has 2 aromatic heterocycles. The van der Waals surface area contributed by atoms with E-state index in [1.54, 1.807) is 12.1 Å². The Morgan fingerprint density at radius 3 is 2.77 bits per heavy atom. The lowest BCUT2D eigenvalue weighted by atomic mass is 9.78. The number of benzene rings is 2. The fourth-order valence-corrected chi connectivity index (χ4v) is 4.79. The van der Waals surface area contributed by atoms with Gasteiger partial charge in [0.05, 0.1) is 18.0 Å². The van der Waals surface area contributed by atoms with Crippen molar-refractivity contribution in [2.45, 2.75) is 37.6 Å². The van der Waals surface area contributed by atoms with Crippen LogP contribution < -0.4 is 0 Å². The number of H-pyrrole nitrogens is 1. The van der Waals surface area contributed by atoms with Gasteiger partial charge >= 0.3 is 0 Å². The molecule has 1 N–H and O–H groups in total. The minimum absolute atomic E-state index is 0.0142. The Kier molecular flexibility index (Phi) is 4.91. The third-order valence-corrected chi connectivity index (χ3v) is 6.57. The van der Waals surface area contributed by atoms with Gasteiger partial charge in [0.15, 0.2) is 0 Å². The molecule has 1 aliphatic heterocycles. The Hall–Kier alpha value is -2.92. The molecule has 2 aromatic carbocycles. The Morgan fingerprint density at radius 1 is 1.07 bits per heavy atom. The van der Waals surface area contributed by atoms with E-state index in [1.807, 2.05) is 24.6 Å². The quantitative estimate of drug-likeness (QED) is 0.472. The molecule has 0 radical (unpaired) electrons. The summed E-state index contributed by atoms with van der Waals surface area (Å²) >= 11 is 0. The Morgan fingerprint density at radius 2 is 1.93 bits per heavy atom. The number of aromatic nitrogens is 2. The fourth-order valence-electron chi connectivity index (χ4n) is 4.79. The van der Waals surface area contributed by atoms with Crippen molar-refractivity contribution in [1.82, 2.24) is 15.1 Å². The first-order valence-corrected chi connectivity index (χ1v) is 10.6. The van der Waals surface area contributed by atoms with E-state index in [9.17, 15) is 4.39 Å². The molecular formula is C25H26FN3O. The predicted octanol–water partition coefficient (Wildman–Crippen LogP) is 5.60. The average Bonchev–Trinajstić information content (AvgIpc) is 3.41. The molecule has 0 bridgehead atoms. The van der Waals surface area contributed by atoms with Gasteiger partial charge in [-0.05, 0) is 74.3 Å². The van der Waals surface area contributed by atoms with Crippen LogP contribution in [0.3, 0.4) is 0 Å². The normalized spacial score (nSPS) is 20.1. The van der Waals surface area contributed by atoms with Crippen LogP contribution in [0.25, 0.3) is 22.0 Å². The van der Waals surface area contributed by atoms with Crippen LogP contribution in [-0.2, 0) is 12.8 Å². The van der Waals surface area contributed by atoms with E-state index in [4.69, 9.17) is 4.42 Å². The van der Waals surface area contributed by atoms with Crippen molar-refractivity contribution in [2.75, 3.05) is 13.6 Å². The number of furan rings is 1. The lowest BCUT2D eigenvalue weighted by Crippen LogP contribution is -2.52. The minimum Gasteiger partial charge on any atom is -0.469 e. The summed E-state index contributed by atoms with van der Waals surface area (Å²) in [6, 6.07) is 15.4. The van der Waals surface area contributed by atoms with Crippen molar-refractivity contribution in [2.24, 2.45) is 0 Å². The Bertz CT molecular complexity index is 1150.